The van der Waals surface area contributed by atoms with Crippen molar-refractivity contribution in [1.82, 2.24) is 10.2 Å². The van der Waals surface area contributed by atoms with E-state index in [1.54, 1.807) is 0 Å². The molecule has 27 heavy (non-hydrogen) atoms. The highest BCUT2D eigenvalue weighted by atomic mass is 16.2. The van der Waals surface area contributed by atoms with Gasteiger partial charge in [0.05, 0.1) is 6.04 Å². The first-order chi connectivity index (χ1) is 13.2. The average Bonchev–Trinajstić information content (AvgIpc) is 2.95. The Bertz CT molecular complexity index is 600. The molecule has 1 N–H and O–H groups in total. The van der Waals surface area contributed by atoms with E-state index in [-0.39, 0.29) is 17.9 Å². The molecular weight excluding hydrogens is 336 g/mol. The Morgan fingerprint density at radius 2 is 1.59 bits per heavy atom. The summed E-state index contributed by atoms with van der Waals surface area (Å²) < 4.78 is 0. The molecule has 1 aliphatic rings. The number of fused-ring (bicyclic) bond motifs is 1. The largest absolute Gasteiger partial charge is 0.356 e. The molecule has 2 amide bonds. The zero-order chi connectivity index (χ0) is 19.5. The first-order valence-corrected chi connectivity index (χ1v) is 10.9. The van der Waals surface area contributed by atoms with E-state index >= 15 is 0 Å². The van der Waals surface area contributed by atoms with Crippen molar-refractivity contribution in [3.63, 3.8) is 0 Å². The second kappa shape index (κ2) is 11.8. The van der Waals surface area contributed by atoms with Crippen molar-refractivity contribution in [2.24, 2.45) is 0 Å². The number of benzene rings is 1. The Hall–Kier alpha value is -1.84. The van der Waals surface area contributed by atoms with Crippen molar-refractivity contribution in [3.05, 3.63) is 35.4 Å². The van der Waals surface area contributed by atoms with Crippen LogP contribution in [0.3, 0.4) is 0 Å². The van der Waals surface area contributed by atoms with Crippen LogP contribution in [0.25, 0.3) is 0 Å². The lowest BCUT2D eigenvalue weighted by Crippen LogP contribution is -2.28. The van der Waals surface area contributed by atoms with Gasteiger partial charge in [-0.2, -0.15) is 0 Å². The summed E-state index contributed by atoms with van der Waals surface area (Å²) in [7, 11) is 0. The number of rotatable bonds is 13. The third-order valence-electron chi connectivity index (χ3n) is 5.50. The Kier molecular flexibility index (Phi) is 9.37. The predicted octanol–water partition coefficient (Wildman–Crippen LogP) is 5.24. The molecule has 0 aromatic heterocycles. The maximum Gasteiger partial charge on any atom is 0.254 e. The van der Waals surface area contributed by atoms with E-state index in [1.807, 2.05) is 25.1 Å². The lowest BCUT2D eigenvalue weighted by molar-refractivity contribution is -0.121. The lowest BCUT2D eigenvalue weighted by Gasteiger charge is -2.24. The van der Waals surface area contributed by atoms with Gasteiger partial charge in [0.2, 0.25) is 5.91 Å². The van der Waals surface area contributed by atoms with Gasteiger partial charge in [0.15, 0.2) is 0 Å². The summed E-state index contributed by atoms with van der Waals surface area (Å²) in [5.74, 6) is 0.394. The summed E-state index contributed by atoms with van der Waals surface area (Å²) in [6.07, 6.45) is 11.0. The van der Waals surface area contributed by atoms with Crippen molar-refractivity contribution in [1.29, 1.82) is 0 Å². The van der Waals surface area contributed by atoms with Gasteiger partial charge < -0.3 is 10.2 Å². The molecule has 1 atom stereocenters. The molecule has 1 aliphatic heterocycles. The van der Waals surface area contributed by atoms with E-state index in [4.69, 9.17) is 0 Å². The van der Waals surface area contributed by atoms with Crippen LogP contribution in [0.15, 0.2) is 24.3 Å². The van der Waals surface area contributed by atoms with Crippen molar-refractivity contribution >= 4 is 11.8 Å². The maximum absolute atomic E-state index is 12.6. The smallest absolute Gasteiger partial charge is 0.254 e. The number of unbranched alkanes of at least 4 members (excludes halogenated alkanes) is 7. The number of hydrogen-bond acceptors (Lipinski definition) is 2. The molecule has 0 fully saturated rings. The van der Waals surface area contributed by atoms with Crippen LogP contribution in [0.5, 0.6) is 0 Å². The van der Waals surface area contributed by atoms with Crippen LogP contribution in [0.4, 0.5) is 0 Å². The lowest BCUT2D eigenvalue weighted by atomic mass is 10.0. The van der Waals surface area contributed by atoms with E-state index in [0.29, 0.717) is 6.42 Å². The molecule has 0 saturated carbocycles. The molecule has 2 rings (SSSR count). The Morgan fingerprint density at radius 3 is 2.26 bits per heavy atom. The fourth-order valence-corrected chi connectivity index (χ4v) is 4.06. The Balaban J connectivity index is 1.54. The number of hydrogen-bond donors (Lipinski definition) is 1. The van der Waals surface area contributed by atoms with Gasteiger partial charge in [0.1, 0.15) is 0 Å². The van der Waals surface area contributed by atoms with Crippen molar-refractivity contribution in [2.45, 2.75) is 84.1 Å². The van der Waals surface area contributed by atoms with Crippen LogP contribution in [0, 0.1) is 0 Å². The first-order valence-electron chi connectivity index (χ1n) is 10.9. The number of carbonyl (C=O) groups is 2. The summed E-state index contributed by atoms with van der Waals surface area (Å²) in [5, 5.41) is 2.84. The highest BCUT2D eigenvalue weighted by Crippen LogP contribution is 2.35. The highest BCUT2D eigenvalue weighted by Gasteiger charge is 2.34. The van der Waals surface area contributed by atoms with Gasteiger partial charge in [-0.25, -0.2) is 0 Å². The van der Waals surface area contributed by atoms with Gasteiger partial charge in [-0.15, -0.1) is 0 Å². The summed E-state index contributed by atoms with van der Waals surface area (Å²) in [6, 6.07) is 8.33. The van der Waals surface area contributed by atoms with Gasteiger partial charge in [-0.3, -0.25) is 9.59 Å². The molecule has 0 saturated heterocycles. The molecule has 1 aromatic rings. The molecule has 4 nitrogen and oxygen atoms in total. The van der Waals surface area contributed by atoms with E-state index in [0.717, 1.165) is 44.3 Å². The van der Waals surface area contributed by atoms with Gasteiger partial charge in [0, 0.05) is 25.1 Å². The standard InChI is InChI=1S/C23H36N2O2/c1-3-21-19-15-12-13-16-20(19)23(27)25(21)18-14-10-8-6-5-7-9-11-17-22(26)24-4-2/h12-13,15-16,21H,3-11,14,17-18H2,1-2H3,(H,24,26). The molecule has 0 bridgehead atoms. The second-order valence-corrected chi connectivity index (χ2v) is 7.54. The minimum absolute atomic E-state index is 0.182. The zero-order valence-electron chi connectivity index (χ0n) is 17.1. The van der Waals surface area contributed by atoms with Crippen LogP contribution in [-0.4, -0.2) is 29.8 Å². The summed E-state index contributed by atoms with van der Waals surface area (Å²) in [4.78, 5) is 26.1. The van der Waals surface area contributed by atoms with Crippen molar-refractivity contribution in [3.8, 4) is 0 Å². The minimum atomic E-state index is 0.182. The minimum Gasteiger partial charge on any atom is -0.356 e. The van der Waals surface area contributed by atoms with Crippen molar-refractivity contribution < 1.29 is 9.59 Å². The number of amides is 2. The average molecular weight is 373 g/mol. The SMILES string of the molecule is CCNC(=O)CCCCCCCCCCN1C(=O)c2ccccc2C1CC. The fourth-order valence-electron chi connectivity index (χ4n) is 4.06. The summed E-state index contributed by atoms with van der Waals surface area (Å²) in [6.45, 7) is 5.73. The molecule has 1 aromatic carbocycles. The Labute approximate surface area is 164 Å². The number of nitrogens with zero attached hydrogens (tertiary/aromatic N) is 1. The molecule has 0 aliphatic carbocycles. The third-order valence-corrected chi connectivity index (χ3v) is 5.50. The van der Waals surface area contributed by atoms with E-state index in [1.165, 1.54) is 37.7 Å². The topological polar surface area (TPSA) is 49.4 Å². The molecule has 1 unspecified atom stereocenters. The fraction of sp³-hybridized carbons (Fsp3) is 0.652. The predicted molar refractivity (Wildman–Crippen MR) is 111 cm³/mol. The molecule has 1 heterocycles. The van der Waals surface area contributed by atoms with Crippen LogP contribution < -0.4 is 5.32 Å². The van der Waals surface area contributed by atoms with Crippen molar-refractivity contribution in [2.75, 3.05) is 13.1 Å². The maximum atomic E-state index is 12.6. The van der Waals surface area contributed by atoms with Gasteiger partial charge in [-0.05, 0) is 37.8 Å². The van der Waals surface area contributed by atoms with Crippen LogP contribution in [-0.2, 0) is 4.79 Å². The first kappa shape index (κ1) is 21.5. The van der Waals surface area contributed by atoms with Crippen LogP contribution in [0.1, 0.15) is 100 Å². The third kappa shape index (κ3) is 6.37. The highest BCUT2D eigenvalue weighted by molar-refractivity contribution is 5.99. The number of nitrogens with one attached hydrogen (secondary N) is 1. The van der Waals surface area contributed by atoms with E-state index in [9.17, 15) is 9.59 Å². The molecule has 150 valence electrons. The van der Waals surface area contributed by atoms with Gasteiger partial charge >= 0.3 is 0 Å². The number of carbonyl (C=O) groups excluding carboxylic acids is 2. The van der Waals surface area contributed by atoms with Crippen LogP contribution in [0.2, 0.25) is 0 Å². The summed E-state index contributed by atoms with van der Waals surface area (Å²) in [5.41, 5.74) is 2.11. The molecule has 4 heteroatoms. The molecule has 0 spiro atoms. The van der Waals surface area contributed by atoms with Crippen LogP contribution >= 0.6 is 0 Å². The van der Waals surface area contributed by atoms with E-state index in [2.05, 4.69) is 23.2 Å². The quantitative estimate of drug-likeness (QED) is 0.481. The second-order valence-electron chi connectivity index (χ2n) is 7.54. The van der Waals surface area contributed by atoms with Gasteiger partial charge in [-0.1, -0.05) is 63.6 Å². The monoisotopic (exact) mass is 372 g/mol. The normalized spacial score (nSPS) is 15.9. The molecular formula is C23H36N2O2. The Morgan fingerprint density at radius 1 is 0.963 bits per heavy atom. The molecule has 0 radical (unpaired) electrons. The van der Waals surface area contributed by atoms with E-state index < -0.39 is 0 Å². The summed E-state index contributed by atoms with van der Waals surface area (Å²) >= 11 is 0. The zero-order valence-corrected chi connectivity index (χ0v) is 17.1. The van der Waals surface area contributed by atoms with Gasteiger partial charge in [0.25, 0.3) is 5.91 Å².